The molecule has 0 spiro atoms. The minimum absolute atomic E-state index is 0.684. The molecule has 102 valence electrons. The lowest BCUT2D eigenvalue weighted by molar-refractivity contribution is 0.402. The third-order valence-corrected chi connectivity index (χ3v) is 4.93. The number of nitrogens with zero attached hydrogens (tertiary/aromatic N) is 1. The Labute approximate surface area is 116 Å². The lowest BCUT2D eigenvalue weighted by Crippen LogP contribution is -2.25. The van der Waals surface area contributed by atoms with Gasteiger partial charge in [-0.25, -0.2) is 8.51 Å². The van der Waals surface area contributed by atoms with Crippen molar-refractivity contribution in [1.29, 1.82) is 0 Å². The van der Waals surface area contributed by atoms with Crippen molar-refractivity contribution in [2.24, 2.45) is 0 Å². The van der Waals surface area contributed by atoms with E-state index in [9.17, 15) is 4.21 Å². The zero-order chi connectivity index (χ0) is 13.8. The fourth-order valence-electron chi connectivity index (χ4n) is 2.15. The van der Waals surface area contributed by atoms with Gasteiger partial charge in [-0.2, -0.15) is 0 Å². The summed E-state index contributed by atoms with van der Waals surface area (Å²) in [6.07, 6.45) is 0. The van der Waals surface area contributed by atoms with E-state index in [2.05, 4.69) is 0 Å². The summed E-state index contributed by atoms with van der Waals surface area (Å²) >= 11 is 0. The number of methoxy groups -OCH3 is 1. The predicted octanol–water partition coefficient (Wildman–Crippen LogP) is 3.21. The molecule has 0 saturated heterocycles. The average molecular weight is 277 g/mol. The van der Waals surface area contributed by atoms with Gasteiger partial charge in [0, 0.05) is 18.5 Å². The topological polar surface area (TPSA) is 29.5 Å². The molecule has 19 heavy (non-hydrogen) atoms. The largest absolute Gasteiger partial charge is 0.495 e. The van der Waals surface area contributed by atoms with Crippen LogP contribution in [-0.4, -0.2) is 28.7 Å². The highest BCUT2D eigenvalue weighted by Gasteiger charge is 2.19. The van der Waals surface area contributed by atoms with E-state index in [-0.39, 0.29) is 0 Å². The number of rotatable bonds is 5. The SMILES string of the molecule is CCN(CC)S(=O)c1c(OC)ccc2ccccc12. The number of ether oxygens (including phenoxy) is 1. The second-order valence-electron chi connectivity index (χ2n) is 4.18. The number of benzene rings is 2. The van der Waals surface area contributed by atoms with Crippen molar-refractivity contribution in [3.63, 3.8) is 0 Å². The van der Waals surface area contributed by atoms with Crippen LogP contribution in [0.4, 0.5) is 0 Å². The van der Waals surface area contributed by atoms with Gasteiger partial charge >= 0.3 is 0 Å². The van der Waals surface area contributed by atoms with Gasteiger partial charge in [0.1, 0.15) is 21.6 Å². The molecular formula is C15H19NO2S. The van der Waals surface area contributed by atoms with E-state index in [1.165, 1.54) is 0 Å². The number of hydrogen-bond donors (Lipinski definition) is 0. The van der Waals surface area contributed by atoms with Crippen LogP contribution in [0.25, 0.3) is 10.8 Å². The highest BCUT2D eigenvalue weighted by Crippen LogP contribution is 2.32. The highest BCUT2D eigenvalue weighted by atomic mass is 32.2. The van der Waals surface area contributed by atoms with Crippen molar-refractivity contribution in [1.82, 2.24) is 4.31 Å². The molecule has 0 aliphatic heterocycles. The van der Waals surface area contributed by atoms with E-state index < -0.39 is 11.0 Å². The van der Waals surface area contributed by atoms with Crippen LogP contribution >= 0.6 is 0 Å². The van der Waals surface area contributed by atoms with Crippen molar-refractivity contribution in [3.05, 3.63) is 36.4 Å². The minimum atomic E-state index is -1.20. The van der Waals surface area contributed by atoms with Crippen molar-refractivity contribution in [3.8, 4) is 5.75 Å². The Bertz CT molecular complexity index is 594. The third kappa shape index (κ3) is 2.65. The number of hydrogen-bond acceptors (Lipinski definition) is 2. The maximum atomic E-state index is 12.8. The first-order chi connectivity index (χ1) is 9.22. The van der Waals surface area contributed by atoms with Gasteiger partial charge in [-0.15, -0.1) is 0 Å². The summed E-state index contributed by atoms with van der Waals surface area (Å²) in [7, 11) is 0.419. The molecule has 0 heterocycles. The first kappa shape index (κ1) is 14.0. The van der Waals surface area contributed by atoms with Gasteiger partial charge in [0.25, 0.3) is 0 Å². The Balaban J connectivity index is 2.65. The van der Waals surface area contributed by atoms with Gasteiger partial charge in [0.2, 0.25) is 0 Å². The third-order valence-electron chi connectivity index (χ3n) is 3.18. The van der Waals surface area contributed by atoms with Crippen LogP contribution in [0.1, 0.15) is 13.8 Å². The molecule has 0 bridgehead atoms. The highest BCUT2D eigenvalue weighted by molar-refractivity contribution is 7.83. The van der Waals surface area contributed by atoms with Crippen molar-refractivity contribution in [2.45, 2.75) is 18.7 Å². The Hall–Kier alpha value is -1.39. The van der Waals surface area contributed by atoms with E-state index in [1.54, 1.807) is 7.11 Å². The molecule has 3 nitrogen and oxygen atoms in total. The molecule has 0 fully saturated rings. The Kier molecular flexibility index (Phi) is 4.56. The molecule has 0 saturated carbocycles. The first-order valence-electron chi connectivity index (χ1n) is 6.45. The Morgan fingerprint density at radius 2 is 1.79 bits per heavy atom. The molecule has 4 heteroatoms. The van der Waals surface area contributed by atoms with Crippen LogP contribution in [-0.2, 0) is 11.0 Å². The zero-order valence-electron chi connectivity index (χ0n) is 11.6. The zero-order valence-corrected chi connectivity index (χ0v) is 12.4. The van der Waals surface area contributed by atoms with E-state index in [4.69, 9.17) is 4.74 Å². The standard InChI is InChI=1S/C15H19NO2S/c1-4-16(5-2)19(17)15-13-9-7-6-8-12(13)10-11-14(15)18-3/h6-11H,4-5H2,1-3H3. The monoisotopic (exact) mass is 277 g/mol. The maximum absolute atomic E-state index is 12.8. The van der Waals surface area contributed by atoms with Crippen LogP contribution in [0.5, 0.6) is 5.75 Å². The average Bonchev–Trinajstić information content (AvgIpc) is 2.47. The fraction of sp³-hybridized carbons (Fsp3) is 0.333. The normalized spacial score (nSPS) is 12.8. The molecule has 0 N–H and O–H groups in total. The summed E-state index contributed by atoms with van der Waals surface area (Å²) in [4.78, 5) is 0.768. The second kappa shape index (κ2) is 6.17. The molecule has 0 aromatic heterocycles. The van der Waals surface area contributed by atoms with Crippen LogP contribution in [0.15, 0.2) is 41.3 Å². The van der Waals surface area contributed by atoms with Gasteiger partial charge in [-0.3, -0.25) is 0 Å². The quantitative estimate of drug-likeness (QED) is 0.840. The van der Waals surface area contributed by atoms with Crippen LogP contribution < -0.4 is 4.74 Å². The lowest BCUT2D eigenvalue weighted by atomic mass is 10.1. The minimum Gasteiger partial charge on any atom is -0.495 e. The molecule has 1 unspecified atom stereocenters. The number of fused-ring (bicyclic) bond motifs is 1. The molecule has 0 amide bonds. The molecule has 2 rings (SSSR count). The van der Waals surface area contributed by atoms with E-state index in [0.717, 1.165) is 28.8 Å². The second-order valence-corrected chi connectivity index (χ2v) is 5.60. The lowest BCUT2D eigenvalue weighted by Gasteiger charge is -2.20. The molecule has 0 radical (unpaired) electrons. The van der Waals surface area contributed by atoms with Crippen molar-refractivity contribution in [2.75, 3.05) is 20.2 Å². The summed E-state index contributed by atoms with van der Waals surface area (Å²) < 4.78 is 20.1. The van der Waals surface area contributed by atoms with Crippen LogP contribution in [0, 0.1) is 0 Å². The van der Waals surface area contributed by atoms with Gasteiger partial charge < -0.3 is 4.74 Å². The molecule has 0 aliphatic carbocycles. The van der Waals surface area contributed by atoms with Crippen molar-refractivity contribution < 1.29 is 8.95 Å². The van der Waals surface area contributed by atoms with Crippen LogP contribution in [0.3, 0.4) is 0 Å². The molecule has 0 aliphatic rings. The van der Waals surface area contributed by atoms with Gasteiger partial charge in [-0.1, -0.05) is 44.2 Å². The molecule has 2 aromatic rings. The van der Waals surface area contributed by atoms with E-state index >= 15 is 0 Å². The van der Waals surface area contributed by atoms with Crippen molar-refractivity contribution >= 4 is 21.8 Å². The van der Waals surface area contributed by atoms with Crippen LogP contribution in [0.2, 0.25) is 0 Å². The van der Waals surface area contributed by atoms with E-state index in [1.807, 2.05) is 54.6 Å². The predicted molar refractivity (Wildman–Crippen MR) is 79.8 cm³/mol. The first-order valence-corrected chi connectivity index (χ1v) is 7.56. The molecular weight excluding hydrogens is 258 g/mol. The summed E-state index contributed by atoms with van der Waals surface area (Å²) in [6.45, 7) is 5.52. The maximum Gasteiger partial charge on any atom is 0.137 e. The summed E-state index contributed by atoms with van der Waals surface area (Å²) in [6, 6.07) is 11.9. The Morgan fingerprint density at radius 1 is 1.11 bits per heavy atom. The molecule has 2 aromatic carbocycles. The summed E-state index contributed by atoms with van der Waals surface area (Å²) in [5.41, 5.74) is 0. The van der Waals surface area contributed by atoms with Gasteiger partial charge in [-0.05, 0) is 11.5 Å². The fourth-order valence-corrected chi connectivity index (χ4v) is 3.58. The van der Waals surface area contributed by atoms with Gasteiger partial charge in [0.05, 0.1) is 7.11 Å². The Morgan fingerprint density at radius 3 is 2.42 bits per heavy atom. The summed E-state index contributed by atoms with van der Waals surface area (Å²) in [5.74, 6) is 0.684. The summed E-state index contributed by atoms with van der Waals surface area (Å²) in [5, 5.41) is 2.07. The van der Waals surface area contributed by atoms with E-state index in [0.29, 0.717) is 5.75 Å². The van der Waals surface area contributed by atoms with Gasteiger partial charge in [0.15, 0.2) is 0 Å². The molecule has 1 atom stereocenters. The smallest absolute Gasteiger partial charge is 0.137 e.